The van der Waals surface area contributed by atoms with Crippen molar-refractivity contribution in [1.29, 1.82) is 0 Å². The lowest BCUT2D eigenvalue weighted by Crippen LogP contribution is -2.03. The van der Waals surface area contributed by atoms with E-state index in [-0.39, 0.29) is 0 Å². The molecule has 0 aliphatic heterocycles. The van der Waals surface area contributed by atoms with Crippen LogP contribution >= 0.6 is 0 Å². The smallest absolute Gasteiger partial charge is 0.177 e. The van der Waals surface area contributed by atoms with Gasteiger partial charge in [0.15, 0.2) is 11.5 Å². The molecule has 2 heterocycles. The zero-order chi connectivity index (χ0) is 10.8. The van der Waals surface area contributed by atoms with Crippen LogP contribution in [0.2, 0.25) is 0 Å². The van der Waals surface area contributed by atoms with E-state index in [1.807, 2.05) is 16.6 Å². The molecule has 2 aromatic heterocycles. The fraction of sp³-hybridized carbons (Fsp3) is 0.545. The summed E-state index contributed by atoms with van der Waals surface area (Å²) < 4.78 is 1.86. The lowest BCUT2D eigenvalue weighted by atomic mass is 10.1. The molecule has 0 aromatic carbocycles. The van der Waals surface area contributed by atoms with Crippen molar-refractivity contribution in [3.63, 3.8) is 0 Å². The van der Waals surface area contributed by atoms with Crippen LogP contribution in [-0.2, 0) is 6.42 Å². The number of nitrogens with zero attached hydrogens (tertiary/aromatic N) is 4. The Balaban J connectivity index is 2.51. The molecule has 0 aliphatic carbocycles. The normalized spacial score (nSPS) is 11.5. The van der Waals surface area contributed by atoms with E-state index in [0.717, 1.165) is 30.0 Å². The molecule has 0 unspecified atom stereocenters. The molecule has 80 valence electrons. The van der Waals surface area contributed by atoms with Gasteiger partial charge < -0.3 is 0 Å². The van der Waals surface area contributed by atoms with Crippen molar-refractivity contribution < 1.29 is 0 Å². The SMILES string of the molecule is CCCc1nnc2ccc(C(C)C)nn12. The van der Waals surface area contributed by atoms with Crippen molar-refractivity contribution in [3.8, 4) is 0 Å². The van der Waals surface area contributed by atoms with Crippen LogP contribution in [0.15, 0.2) is 12.1 Å². The number of aromatic nitrogens is 4. The zero-order valence-electron chi connectivity index (χ0n) is 9.44. The highest BCUT2D eigenvalue weighted by Crippen LogP contribution is 2.12. The Labute approximate surface area is 89.3 Å². The van der Waals surface area contributed by atoms with Crippen molar-refractivity contribution in [2.75, 3.05) is 0 Å². The maximum atomic E-state index is 4.54. The molecule has 0 bridgehead atoms. The quantitative estimate of drug-likeness (QED) is 0.769. The van der Waals surface area contributed by atoms with Gasteiger partial charge in [-0.1, -0.05) is 20.8 Å². The lowest BCUT2D eigenvalue weighted by molar-refractivity contribution is 0.720. The molecule has 0 fully saturated rings. The van der Waals surface area contributed by atoms with Gasteiger partial charge in [0.25, 0.3) is 0 Å². The Morgan fingerprint density at radius 2 is 2.07 bits per heavy atom. The molecule has 0 amide bonds. The highest BCUT2D eigenvalue weighted by Gasteiger charge is 2.08. The Bertz CT molecular complexity index is 459. The number of hydrogen-bond acceptors (Lipinski definition) is 3. The summed E-state index contributed by atoms with van der Waals surface area (Å²) in [7, 11) is 0. The Morgan fingerprint density at radius 3 is 2.73 bits per heavy atom. The first-order valence-corrected chi connectivity index (χ1v) is 5.43. The zero-order valence-corrected chi connectivity index (χ0v) is 9.44. The van der Waals surface area contributed by atoms with Gasteiger partial charge in [-0.15, -0.1) is 10.2 Å². The summed E-state index contributed by atoms with van der Waals surface area (Å²) in [5.74, 6) is 1.39. The molecule has 15 heavy (non-hydrogen) atoms. The third-order valence-electron chi connectivity index (χ3n) is 2.41. The molecule has 0 atom stereocenters. The molecule has 2 aromatic rings. The predicted molar refractivity (Wildman–Crippen MR) is 58.9 cm³/mol. The van der Waals surface area contributed by atoms with E-state index in [0.29, 0.717) is 5.92 Å². The van der Waals surface area contributed by atoms with Gasteiger partial charge >= 0.3 is 0 Å². The Hall–Kier alpha value is -1.45. The summed E-state index contributed by atoms with van der Waals surface area (Å²) in [5.41, 5.74) is 1.92. The van der Waals surface area contributed by atoms with Crippen LogP contribution in [0.1, 0.15) is 44.6 Å². The minimum Gasteiger partial charge on any atom is -0.197 e. The van der Waals surface area contributed by atoms with Gasteiger partial charge in [0.1, 0.15) is 0 Å². The molecule has 2 rings (SSSR count). The molecule has 0 saturated carbocycles. The maximum Gasteiger partial charge on any atom is 0.177 e. The summed E-state index contributed by atoms with van der Waals surface area (Å²) in [5, 5.41) is 12.8. The highest BCUT2D eigenvalue weighted by molar-refractivity contribution is 5.36. The fourth-order valence-electron chi connectivity index (χ4n) is 1.53. The summed E-state index contributed by atoms with van der Waals surface area (Å²) in [6, 6.07) is 4.00. The summed E-state index contributed by atoms with van der Waals surface area (Å²) >= 11 is 0. The lowest BCUT2D eigenvalue weighted by Gasteiger charge is -2.04. The second-order valence-electron chi connectivity index (χ2n) is 4.05. The van der Waals surface area contributed by atoms with Gasteiger partial charge in [-0.25, -0.2) is 0 Å². The number of fused-ring (bicyclic) bond motifs is 1. The molecule has 0 N–H and O–H groups in total. The van der Waals surface area contributed by atoms with E-state index in [9.17, 15) is 0 Å². The average Bonchev–Trinajstić information content (AvgIpc) is 2.61. The van der Waals surface area contributed by atoms with Crippen LogP contribution in [0, 0.1) is 0 Å². The van der Waals surface area contributed by atoms with E-state index in [2.05, 4.69) is 36.1 Å². The van der Waals surface area contributed by atoms with Gasteiger partial charge in [-0.2, -0.15) is 9.61 Å². The monoisotopic (exact) mass is 204 g/mol. The second-order valence-corrected chi connectivity index (χ2v) is 4.05. The van der Waals surface area contributed by atoms with Gasteiger partial charge in [0, 0.05) is 6.42 Å². The van der Waals surface area contributed by atoms with Gasteiger partial charge in [0.05, 0.1) is 5.69 Å². The van der Waals surface area contributed by atoms with Crippen LogP contribution < -0.4 is 0 Å². The molecule has 0 spiro atoms. The minimum atomic E-state index is 0.436. The summed E-state index contributed by atoms with van der Waals surface area (Å²) in [6.45, 7) is 6.41. The van der Waals surface area contributed by atoms with Gasteiger partial charge in [-0.05, 0) is 24.5 Å². The van der Waals surface area contributed by atoms with E-state index >= 15 is 0 Å². The van der Waals surface area contributed by atoms with Crippen LogP contribution in [0.3, 0.4) is 0 Å². The van der Waals surface area contributed by atoms with Crippen molar-refractivity contribution in [3.05, 3.63) is 23.7 Å². The van der Waals surface area contributed by atoms with Gasteiger partial charge in [-0.3, -0.25) is 0 Å². The number of hydrogen-bond donors (Lipinski definition) is 0. The van der Waals surface area contributed by atoms with Crippen molar-refractivity contribution >= 4 is 5.65 Å². The predicted octanol–water partition coefficient (Wildman–Crippen LogP) is 2.20. The Morgan fingerprint density at radius 1 is 1.27 bits per heavy atom. The van der Waals surface area contributed by atoms with E-state index in [4.69, 9.17) is 0 Å². The first-order chi connectivity index (χ1) is 7.22. The number of rotatable bonds is 3. The molecular formula is C11H16N4. The Kier molecular flexibility index (Phi) is 2.66. The van der Waals surface area contributed by atoms with Crippen molar-refractivity contribution in [1.82, 2.24) is 19.8 Å². The third-order valence-corrected chi connectivity index (χ3v) is 2.41. The molecule has 4 nitrogen and oxygen atoms in total. The van der Waals surface area contributed by atoms with Crippen LogP contribution in [-0.4, -0.2) is 19.8 Å². The van der Waals surface area contributed by atoms with E-state index in [1.54, 1.807) is 0 Å². The minimum absolute atomic E-state index is 0.436. The van der Waals surface area contributed by atoms with Crippen molar-refractivity contribution in [2.45, 2.75) is 39.5 Å². The van der Waals surface area contributed by atoms with Crippen molar-refractivity contribution in [2.24, 2.45) is 0 Å². The van der Waals surface area contributed by atoms with Crippen LogP contribution in [0.4, 0.5) is 0 Å². The second kappa shape index (κ2) is 3.96. The maximum absolute atomic E-state index is 4.54. The summed E-state index contributed by atoms with van der Waals surface area (Å²) in [4.78, 5) is 0. The highest BCUT2D eigenvalue weighted by atomic mass is 15.4. The average molecular weight is 204 g/mol. The van der Waals surface area contributed by atoms with Crippen LogP contribution in [0.25, 0.3) is 5.65 Å². The summed E-state index contributed by atoms with van der Waals surface area (Å²) in [6.07, 6.45) is 1.99. The molecule has 0 radical (unpaired) electrons. The topological polar surface area (TPSA) is 43.1 Å². The van der Waals surface area contributed by atoms with E-state index in [1.165, 1.54) is 0 Å². The standard InChI is InChI=1S/C11H16N4/c1-4-5-10-12-13-11-7-6-9(8(2)3)14-15(10)11/h6-8H,4-5H2,1-3H3. The molecule has 0 saturated heterocycles. The molecule has 0 aliphatic rings. The number of aryl methyl sites for hydroxylation is 1. The van der Waals surface area contributed by atoms with Gasteiger partial charge in [0.2, 0.25) is 0 Å². The molecule has 4 heteroatoms. The first-order valence-electron chi connectivity index (χ1n) is 5.43. The third kappa shape index (κ3) is 1.84. The fourth-order valence-corrected chi connectivity index (χ4v) is 1.53. The largest absolute Gasteiger partial charge is 0.197 e. The van der Waals surface area contributed by atoms with Crippen LogP contribution in [0.5, 0.6) is 0 Å². The van der Waals surface area contributed by atoms with E-state index < -0.39 is 0 Å². The molecular weight excluding hydrogens is 188 g/mol. The first kappa shape index (κ1) is 10.1.